The van der Waals surface area contributed by atoms with E-state index >= 15 is 0 Å². The highest BCUT2D eigenvalue weighted by atomic mass is 16.5. The Labute approximate surface area is 194 Å². The summed E-state index contributed by atoms with van der Waals surface area (Å²) in [5.74, 6) is 1.74. The fraction of sp³-hybridized carbons (Fsp3) is 0.480. The zero-order chi connectivity index (χ0) is 22.6. The molecule has 2 fully saturated rings. The van der Waals surface area contributed by atoms with Crippen molar-refractivity contribution in [3.05, 3.63) is 48.7 Å². The number of aromatic nitrogens is 1. The third-order valence-corrected chi connectivity index (χ3v) is 6.74. The van der Waals surface area contributed by atoms with Crippen molar-refractivity contribution < 1.29 is 14.3 Å². The van der Waals surface area contributed by atoms with Crippen LogP contribution in [0.5, 0.6) is 5.75 Å². The Morgan fingerprint density at radius 3 is 2.39 bits per heavy atom. The molecule has 8 nitrogen and oxygen atoms in total. The third-order valence-electron chi connectivity index (χ3n) is 6.74. The molecule has 3 aliphatic heterocycles. The number of carbonyl (C=O) groups is 2. The van der Waals surface area contributed by atoms with Crippen molar-refractivity contribution in [3.8, 4) is 5.75 Å². The summed E-state index contributed by atoms with van der Waals surface area (Å²) in [5.41, 5.74) is 0.876. The van der Waals surface area contributed by atoms with Crippen LogP contribution in [0.1, 0.15) is 19.3 Å². The van der Waals surface area contributed by atoms with Crippen molar-refractivity contribution in [2.75, 3.05) is 62.2 Å². The zero-order valence-corrected chi connectivity index (χ0v) is 18.9. The van der Waals surface area contributed by atoms with Crippen LogP contribution in [0.2, 0.25) is 0 Å². The van der Waals surface area contributed by atoms with E-state index in [1.54, 1.807) is 6.20 Å². The lowest BCUT2D eigenvalue weighted by Crippen LogP contribution is -2.55. The lowest BCUT2D eigenvalue weighted by Gasteiger charge is -2.40. The number of carbonyl (C=O) groups excluding carboxylic acids is 2. The largest absolute Gasteiger partial charge is 0.477 e. The number of rotatable bonds is 4. The predicted octanol–water partition coefficient (Wildman–Crippen LogP) is 2.01. The fourth-order valence-corrected chi connectivity index (χ4v) is 4.89. The van der Waals surface area contributed by atoms with Crippen LogP contribution in [0.15, 0.2) is 48.7 Å². The molecule has 1 aromatic heterocycles. The van der Waals surface area contributed by atoms with Crippen LogP contribution in [0.25, 0.3) is 0 Å². The number of piperazine rings is 1. The molecule has 1 aromatic carbocycles. The highest BCUT2D eigenvalue weighted by molar-refractivity contribution is 5.86. The summed E-state index contributed by atoms with van der Waals surface area (Å²) >= 11 is 0. The van der Waals surface area contributed by atoms with E-state index in [1.807, 2.05) is 57.2 Å². The van der Waals surface area contributed by atoms with Gasteiger partial charge in [-0.05, 0) is 43.5 Å². The van der Waals surface area contributed by atoms with Gasteiger partial charge in [-0.3, -0.25) is 9.59 Å². The van der Waals surface area contributed by atoms with E-state index in [4.69, 9.17) is 4.74 Å². The van der Waals surface area contributed by atoms with E-state index in [-0.39, 0.29) is 18.4 Å². The Morgan fingerprint density at radius 2 is 1.64 bits per heavy atom. The summed E-state index contributed by atoms with van der Waals surface area (Å²) in [5, 5.41) is 0. The minimum Gasteiger partial charge on any atom is -0.477 e. The molecule has 0 unspecified atom stereocenters. The van der Waals surface area contributed by atoms with E-state index in [9.17, 15) is 9.59 Å². The number of fused-ring (bicyclic) bond motifs is 1. The molecule has 8 heteroatoms. The van der Waals surface area contributed by atoms with Crippen LogP contribution in [-0.4, -0.2) is 85.1 Å². The molecule has 4 heterocycles. The molecule has 174 valence electrons. The monoisotopic (exact) mass is 449 g/mol. The Morgan fingerprint density at radius 1 is 0.879 bits per heavy atom. The standard InChI is InChI=1S/C25H31N5O3/c31-24(28-16-14-27(15-17-28)23-10-4-5-11-26-23)19-30-18-22(25(32)29-12-6-1-7-13-29)33-21-9-3-2-8-20(21)30/h2-5,8-11,22H,1,6-7,12-19H2/t22-/m0/s1. The molecule has 0 saturated carbocycles. The van der Waals surface area contributed by atoms with Crippen molar-refractivity contribution in [2.45, 2.75) is 25.4 Å². The van der Waals surface area contributed by atoms with Gasteiger partial charge in [0.1, 0.15) is 11.6 Å². The van der Waals surface area contributed by atoms with E-state index in [0.717, 1.165) is 50.5 Å². The maximum absolute atomic E-state index is 13.2. The molecule has 5 rings (SSSR count). The number of nitrogens with zero attached hydrogens (tertiary/aromatic N) is 5. The normalized spacial score (nSPS) is 20.8. The third kappa shape index (κ3) is 4.74. The molecular weight excluding hydrogens is 418 g/mol. The quantitative estimate of drug-likeness (QED) is 0.711. The molecule has 33 heavy (non-hydrogen) atoms. The van der Waals surface area contributed by atoms with Gasteiger partial charge in [-0.25, -0.2) is 4.98 Å². The summed E-state index contributed by atoms with van der Waals surface area (Å²) in [4.78, 5) is 38.8. The number of ether oxygens (including phenoxy) is 1. The minimum absolute atomic E-state index is 0.0330. The second-order valence-corrected chi connectivity index (χ2v) is 8.90. The first-order chi connectivity index (χ1) is 16.2. The summed E-state index contributed by atoms with van der Waals surface area (Å²) in [7, 11) is 0. The van der Waals surface area contributed by atoms with E-state index in [1.165, 1.54) is 6.42 Å². The van der Waals surface area contributed by atoms with E-state index < -0.39 is 6.10 Å². The van der Waals surface area contributed by atoms with Crippen molar-refractivity contribution in [1.82, 2.24) is 14.8 Å². The smallest absolute Gasteiger partial charge is 0.265 e. The number of hydrogen-bond donors (Lipinski definition) is 0. The van der Waals surface area contributed by atoms with Crippen LogP contribution >= 0.6 is 0 Å². The lowest BCUT2D eigenvalue weighted by atomic mass is 10.1. The number of anilines is 2. The Balaban J connectivity index is 1.24. The molecule has 1 atom stereocenters. The predicted molar refractivity (Wildman–Crippen MR) is 127 cm³/mol. The first kappa shape index (κ1) is 21.6. The number of hydrogen-bond acceptors (Lipinski definition) is 6. The first-order valence-corrected chi connectivity index (χ1v) is 11.9. The van der Waals surface area contributed by atoms with Crippen LogP contribution in [0.4, 0.5) is 11.5 Å². The molecule has 0 N–H and O–H groups in total. The summed E-state index contributed by atoms with van der Waals surface area (Å²) < 4.78 is 6.10. The second-order valence-electron chi connectivity index (χ2n) is 8.90. The topological polar surface area (TPSA) is 69.2 Å². The van der Waals surface area contributed by atoms with Gasteiger partial charge in [-0.1, -0.05) is 18.2 Å². The minimum atomic E-state index is -0.577. The molecule has 2 saturated heterocycles. The highest BCUT2D eigenvalue weighted by Gasteiger charge is 2.35. The van der Waals surface area contributed by atoms with Gasteiger partial charge in [0, 0.05) is 45.5 Å². The zero-order valence-electron chi connectivity index (χ0n) is 18.9. The lowest BCUT2D eigenvalue weighted by molar-refractivity contribution is -0.140. The average Bonchev–Trinajstić information content (AvgIpc) is 2.89. The Kier molecular flexibility index (Phi) is 6.32. The van der Waals surface area contributed by atoms with Crippen molar-refractivity contribution in [1.29, 1.82) is 0 Å². The van der Waals surface area contributed by atoms with Crippen LogP contribution in [0, 0.1) is 0 Å². The second kappa shape index (κ2) is 9.68. The number of amides is 2. The highest BCUT2D eigenvalue weighted by Crippen LogP contribution is 2.33. The number of piperidine rings is 1. The van der Waals surface area contributed by atoms with Gasteiger partial charge >= 0.3 is 0 Å². The van der Waals surface area contributed by atoms with Gasteiger partial charge in [0.05, 0.1) is 18.8 Å². The average molecular weight is 450 g/mol. The van der Waals surface area contributed by atoms with Gasteiger partial charge in [-0.2, -0.15) is 0 Å². The molecule has 0 spiro atoms. The van der Waals surface area contributed by atoms with Crippen LogP contribution in [-0.2, 0) is 9.59 Å². The van der Waals surface area contributed by atoms with Crippen LogP contribution in [0.3, 0.4) is 0 Å². The SMILES string of the molecule is O=C(CN1C[C@@H](C(=O)N2CCCCC2)Oc2ccccc21)N1CCN(c2ccccn2)CC1. The molecule has 0 radical (unpaired) electrons. The van der Waals surface area contributed by atoms with Gasteiger partial charge in [0.15, 0.2) is 6.10 Å². The Bertz CT molecular complexity index is 971. The maximum atomic E-state index is 13.2. The van der Waals surface area contributed by atoms with Crippen molar-refractivity contribution in [2.24, 2.45) is 0 Å². The fourth-order valence-electron chi connectivity index (χ4n) is 4.89. The van der Waals surface area contributed by atoms with Gasteiger partial charge < -0.3 is 24.3 Å². The molecule has 0 aliphatic carbocycles. The Hall–Kier alpha value is -3.29. The summed E-state index contributed by atoms with van der Waals surface area (Å²) in [6, 6.07) is 13.6. The summed E-state index contributed by atoms with van der Waals surface area (Å²) in [6.07, 6.45) is 4.48. The van der Waals surface area contributed by atoms with Crippen LogP contribution < -0.4 is 14.5 Å². The van der Waals surface area contributed by atoms with E-state index in [2.05, 4.69) is 9.88 Å². The van der Waals surface area contributed by atoms with Gasteiger partial charge in [-0.15, -0.1) is 0 Å². The van der Waals surface area contributed by atoms with Gasteiger partial charge in [0.25, 0.3) is 5.91 Å². The van der Waals surface area contributed by atoms with Crippen molar-refractivity contribution >= 4 is 23.3 Å². The van der Waals surface area contributed by atoms with Crippen molar-refractivity contribution in [3.63, 3.8) is 0 Å². The molecule has 2 aromatic rings. The number of para-hydroxylation sites is 2. The number of benzene rings is 1. The molecule has 2 amide bonds. The number of pyridine rings is 1. The first-order valence-electron chi connectivity index (χ1n) is 11.9. The number of likely N-dealkylation sites (tertiary alicyclic amines) is 1. The molecular formula is C25H31N5O3. The van der Waals surface area contributed by atoms with Gasteiger partial charge in [0.2, 0.25) is 5.91 Å². The van der Waals surface area contributed by atoms with E-state index in [0.29, 0.717) is 25.4 Å². The maximum Gasteiger partial charge on any atom is 0.265 e. The summed E-state index contributed by atoms with van der Waals surface area (Å²) in [6.45, 7) is 5.07. The molecule has 0 bridgehead atoms. The molecule has 3 aliphatic rings.